The molecule has 3 rings (SSSR count). The number of piperidine rings is 2. The molecule has 3 heterocycles. The van der Waals surface area contributed by atoms with Crippen molar-refractivity contribution in [3.05, 3.63) is 0 Å². The van der Waals surface area contributed by atoms with Crippen LogP contribution in [0.4, 0.5) is 0 Å². The minimum atomic E-state index is -0.660. The van der Waals surface area contributed by atoms with E-state index < -0.39 is 5.97 Å². The minimum absolute atomic E-state index is 0.221. The SMILES string of the molecule is O=C(O)CN1CCC2(CCCCCCCCCCCCCCCCCCCCCCCCCCCCCCCCCCCCCCCCCCCCCCCCN(CCC3CCNCC3)CC2)CC1. The number of likely N-dealkylation sites (tertiary alicyclic amines) is 1. The largest absolute Gasteiger partial charge is 0.480 e. The summed E-state index contributed by atoms with van der Waals surface area (Å²) in [4.78, 5) is 16.7. The van der Waals surface area contributed by atoms with Gasteiger partial charge in [0.1, 0.15) is 0 Å². The molecule has 0 saturated carbocycles. The van der Waals surface area contributed by atoms with Crippen LogP contribution in [0.5, 0.6) is 0 Å². The van der Waals surface area contributed by atoms with E-state index >= 15 is 0 Å². The molecule has 3 aliphatic rings. The van der Waals surface area contributed by atoms with Crippen LogP contribution in [0.25, 0.3) is 0 Å². The van der Waals surface area contributed by atoms with Gasteiger partial charge in [0.2, 0.25) is 0 Å². The molecule has 0 amide bonds. The number of nitrogens with one attached hydrogen (secondary N) is 1. The molecule has 0 aromatic carbocycles. The van der Waals surface area contributed by atoms with Crippen molar-refractivity contribution in [2.45, 2.75) is 340 Å². The Labute approximate surface area is 433 Å². The Kier molecular flexibility index (Phi) is 42.8. The highest BCUT2D eigenvalue weighted by molar-refractivity contribution is 5.69. The molecule has 5 heteroatoms. The molecule has 408 valence electrons. The molecule has 3 saturated heterocycles. The number of carboxylic acid groups (broad SMARTS) is 1. The van der Waals surface area contributed by atoms with Gasteiger partial charge in [0.25, 0.3) is 0 Å². The molecular weight excluding hydrogens is 843 g/mol. The van der Waals surface area contributed by atoms with Crippen LogP contribution in [0.15, 0.2) is 0 Å². The van der Waals surface area contributed by atoms with Crippen LogP contribution in [0, 0.1) is 11.3 Å². The van der Waals surface area contributed by atoms with Gasteiger partial charge in [0.15, 0.2) is 0 Å². The van der Waals surface area contributed by atoms with E-state index in [0.29, 0.717) is 5.41 Å². The van der Waals surface area contributed by atoms with Gasteiger partial charge in [0.05, 0.1) is 6.54 Å². The summed E-state index contributed by atoms with van der Waals surface area (Å²) >= 11 is 0. The van der Waals surface area contributed by atoms with Crippen LogP contribution in [0.3, 0.4) is 0 Å². The van der Waals surface area contributed by atoms with Crippen LogP contribution in [0.1, 0.15) is 340 Å². The predicted octanol–water partition coefficient (Wildman–Crippen LogP) is 19.6. The Morgan fingerprint density at radius 3 is 0.899 bits per heavy atom. The van der Waals surface area contributed by atoms with Crippen LogP contribution >= 0.6 is 0 Å². The molecule has 0 aromatic rings. The molecule has 0 aromatic heterocycles. The maximum absolute atomic E-state index is 11.6. The van der Waals surface area contributed by atoms with Gasteiger partial charge < -0.3 is 15.3 Å². The lowest BCUT2D eigenvalue weighted by molar-refractivity contribution is -0.139. The van der Waals surface area contributed by atoms with Crippen LogP contribution in [-0.4, -0.2) is 73.2 Å². The summed E-state index contributed by atoms with van der Waals surface area (Å²) in [5.41, 5.74) is 0.406. The fourth-order valence-corrected chi connectivity index (χ4v) is 12.9. The van der Waals surface area contributed by atoms with Crippen molar-refractivity contribution in [2.75, 3.05) is 52.4 Å². The number of carboxylic acids is 1. The van der Waals surface area contributed by atoms with E-state index in [1.807, 2.05) is 0 Å². The zero-order chi connectivity index (χ0) is 48.7. The number of nitrogens with zero attached hydrogens (tertiary/aromatic N) is 2. The zero-order valence-corrected chi connectivity index (χ0v) is 47.0. The molecule has 0 unspecified atom stereocenters. The van der Waals surface area contributed by atoms with Gasteiger partial charge in [0, 0.05) is 0 Å². The Morgan fingerprint density at radius 1 is 0.348 bits per heavy atom. The van der Waals surface area contributed by atoms with Crippen molar-refractivity contribution >= 4 is 5.97 Å². The standard InChI is InChI=1S/C64H125N3O2/c68-63(69)61-67-59-52-64(53-60-67)50-45-43-41-39-37-35-33-31-29-27-25-23-21-19-17-15-13-11-9-7-5-3-1-2-4-6-8-10-12-14-16-18-20-22-24-26-28-30-32-34-36-38-40-42-44-46-56-66(58-51-64)57-49-62-47-54-65-55-48-62/h62,65H,1-61H2,(H,68,69). The normalized spacial score (nSPS) is 25.1. The van der Waals surface area contributed by atoms with E-state index in [0.717, 1.165) is 19.0 Å². The lowest BCUT2D eigenvalue weighted by atomic mass is 9.71. The molecule has 69 heavy (non-hydrogen) atoms. The van der Waals surface area contributed by atoms with Gasteiger partial charge >= 0.3 is 5.97 Å². The van der Waals surface area contributed by atoms with Crippen molar-refractivity contribution in [1.29, 1.82) is 0 Å². The summed E-state index contributed by atoms with van der Waals surface area (Å²) in [6, 6.07) is 0. The maximum Gasteiger partial charge on any atom is 0.317 e. The van der Waals surface area contributed by atoms with E-state index in [1.54, 1.807) is 0 Å². The molecular formula is C64H125N3O2. The second kappa shape index (κ2) is 47.1. The Hall–Kier alpha value is -0.650. The van der Waals surface area contributed by atoms with Crippen molar-refractivity contribution in [2.24, 2.45) is 11.3 Å². The lowest BCUT2D eigenvalue weighted by Gasteiger charge is -2.43. The van der Waals surface area contributed by atoms with Gasteiger partial charge in [-0.15, -0.1) is 0 Å². The van der Waals surface area contributed by atoms with Crippen LogP contribution in [-0.2, 0) is 4.79 Å². The summed E-state index contributed by atoms with van der Waals surface area (Å²) in [7, 11) is 0. The smallest absolute Gasteiger partial charge is 0.317 e. The second-order valence-electron chi connectivity index (χ2n) is 24.3. The number of aliphatic carboxylic acids is 1. The topological polar surface area (TPSA) is 55.8 Å². The molecule has 0 atom stereocenters. The van der Waals surface area contributed by atoms with Gasteiger partial charge in [-0.1, -0.05) is 289 Å². The third-order valence-electron chi connectivity index (χ3n) is 18.0. The first-order chi connectivity index (χ1) is 34.2. The molecule has 2 N–H and O–H groups in total. The lowest BCUT2D eigenvalue weighted by Crippen LogP contribution is -2.44. The average molecular weight is 969 g/mol. The molecule has 0 bridgehead atoms. The first-order valence-electron chi connectivity index (χ1n) is 32.5. The number of hydrogen-bond donors (Lipinski definition) is 2. The van der Waals surface area contributed by atoms with Crippen LogP contribution < -0.4 is 5.32 Å². The third-order valence-corrected chi connectivity index (χ3v) is 18.0. The highest BCUT2D eigenvalue weighted by atomic mass is 16.4. The molecule has 1 spiro atoms. The van der Waals surface area contributed by atoms with Crippen LogP contribution in [0.2, 0.25) is 0 Å². The van der Waals surface area contributed by atoms with E-state index in [4.69, 9.17) is 0 Å². The van der Waals surface area contributed by atoms with Crippen molar-refractivity contribution in [3.63, 3.8) is 0 Å². The predicted molar refractivity (Wildman–Crippen MR) is 304 cm³/mol. The number of hydrogen-bond acceptors (Lipinski definition) is 4. The first-order valence-corrected chi connectivity index (χ1v) is 32.5. The molecule has 0 aliphatic carbocycles. The monoisotopic (exact) mass is 968 g/mol. The highest BCUT2D eigenvalue weighted by Crippen LogP contribution is 2.40. The Bertz CT molecular complexity index is 1070. The van der Waals surface area contributed by atoms with Gasteiger partial charge in [-0.05, 0) is 109 Å². The molecule has 3 aliphatic heterocycles. The zero-order valence-electron chi connectivity index (χ0n) is 47.0. The second-order valence-corrected chi connectivity index (χ2v) is 24.3. The molecule has 5 nitrogen and oxygen atoms in total. The molecule has 3 fully saturated rings. The fraction of sp³-hybridized carbons (Fsp3) is 0.984. The summed E-state index contributed by atoms with van der Waals surface area (Å²) < 4.78 is 0. The van der Waals surface area contributed by atoms with Gasteiger partial charge in [-0.25, -0.2) is 0 Å². The highest BCUT2D eigenvalue weighted by Gasteiger charge is 2.35. The van der Waals surface area contributed by atoms with E-state index in [9.17, 15) is 9.90 Å². The van der Waals surface area contributed by atoms with Gasteiger partial charge in [-0.3, -0.25) is 9.69 Å². The van der Waals surface area contributed by atoms with Crippen molar-refractivity contribution in [3.8, 4) is 0 Å². The maximum atomic E-state index is 11.6. The van der Waals surface area contributed by atoms with Gasteiger partial charge in [-0.2, -0.15) is 0 Å². The fourth-order valence-electron chi connectivity index (χ4n) is 12.9. The first kappa shape index (κ1) is 62.6. The van der Waals surface area contributed by atoms with E-state index in [-0.39, 0.29) is 6.54 Å². The third kappa shape index (κ3) is 38.6. The average Bonchev–Trinajstić information content (AvgIpc) is 3.36. The Morgan fingerprint density at radius 2 is 0.609 bits per heavy atom. The van der Waals surface area contributed by atoms with Crippen molar-refractivity contribution < 1.29 is 9.90 Å². The summed E-state index contributed by atoms with van der Waals surface area (Å²) in [5.74, 6) is 0.240. The number of carbonyl (C=O) groups is 1. The summed E-state index contributed by atoms with van der Waals surface area (Å²) in [5, 5.41) is 13.1. The van der Waals surface area contributed by atoms with E-state index in [2.05, 4.69) is 15.1 Å². The Balaban J connectivity index is 1.35. The molecule has 0 radical (unpaired) electrons. The summed E-state index contributed by atoms with van der Waals surface area (Å²) in [6.45, 7) is 8.41. The number of rotatable bonds is 5. The van der Waals surface area contributed by atoms with E-state index in [1.165, 1.54) is 373 Å². The summed E-state index contributed by atoms with van der Waals surface area (Å²) in [6.07, 6.45) is 76.4. The quantitative estimate of drug-likeness (QED) is 0.288. The minimum Gasteiger partial charge on any atom is -0.480 e. The van der Waals surface area contributed by atoms with Crippen molar-refractivity contribution in [1.82, 2.24) is 15.1 Å².